The van der Waals surface area contributed by atoms with Crippen LogP contribution in [-0.4, -0.2) is 60.0 Å². The highest BCUT2D eigenvalue weighted by molar-refractivity contribution is 5.85. The van der Waals surface area contributed by atoms with E-state index in [0.29, 0.717) is 19.5 Å². The molecule has 1 aliphatic heterocycles. The SMILES string of the molecule is CN(C)CC1C(=O)CCN(C(=O)O)C1C(C)(C)C. The number of hydrogen-bond acceptors (Lipinski definition) is 3. The second-order valence-electron chi connectivity index (χ2n) is 6.37. The summed E-state index contributed by atoms with van der Waals surface area (Å²) in [5.41, 5.74) is -0.241. The van der Waals surface area contributed by atoms with Crippen molar-refractivity contribution in [3.05, 3.63) is 0 Å². The van der Waals surface area contributed by atoms with E-state index in [1.165, 1.54) is 4.90 Å². The lowest BCUT2D eigenvalue weighted by atomic mass is 9.73. The largest absolute Gasteiger partial charge is 0.465 e. The van der Waals surface area contributed by atoms with Crippen molar-refractivity contribution in [3.63, 3.8) is 0 Å². The lowest BCUT2D eigenvalue weighted by Gasteiger charge is -2.46. The van der Waals surface area contributed by atoms with Gasteiger partial charge in [-0.05, 0) is 19.5 Å². The minimum atomic E-state index is -0.925. The lowest BCUT2D eigenvalue weighted by molar-refractivity contribution is -0.131. The maximum atomic E-state index is 12.1. The molecule has 5 nitrogen and oxygen atoms in total. The molecule has 0 aliphatic carbocycles. The first-order valence-corrected chi connectivity index (χ1v) is 6.31. The Labute approximate surface area is 109 Å². The molecule has 0 saturated carbocycles. The fourth-order valence-electron chi connectivity index (χ4n) is 2.83. The van der Waals surface area contributed by atoms with Gasteiger partial charge in [0, 0.05) is 19.5 Å². The molecule has 1 saturated heterocycles. The molecule has 0 aromatic heterocycles. The third-order valence-corrected chi connectivity index (χ3v) is 3.42. The van der Waals surface area contributed by atoms with Crippen LogP contribution in [0, 0.1) is 11.3 Å². The van der Waals surface area contributed by atoms with Crippen LogP contribution in [0.5, 0.6) is 0 Å². The number of ketones is 1. The molecular weight excluding hydrogens is 232 g/mol. The average molecular weight is 256 g/mol. The maximum absolute atomic E-state index is 12.1. The van der Waals surface area contributed by atoms with E-state index < -0.39 is 6.09 Å². The number of rotatable bonds is 2. The van der Waals surface area contributed by atoms with E-state index in [1.807, 2.05) is 39.8 Å². The summed E-state index contributed by atoms with van der Waals surface area (Å²) in [6.07, 6.45) is -0.594. The number of nitrogens with zero attached hydrogens (tertiary/aromatic N) is 2. The Balaban J connectivity index is 3.07. The third kappa shape index (κ3) is 3.22. The number of carbonyl (C=O) groups excluding carboxylic acids is 1. The fraction of sp³-hybridized carbons (Fsp3) is 0.846. The number of likely N-dealkylation sites (tertiary alicyclic amines) is 1. The number of Topliss-reactive ketones (excluding diaryl/α,β-unsaturated/α-hetero) is 1. The first kappa shape index (κ1) is 15.0. The van der Waals surface area contributed by atoms with Gasteiger partial charge >= 0.3 is 6.09 Å². The number of amides is 1. The highest BCUT2D eigenvalue weighted by atomic mass is 16.4. The van der Waals surface area contributed by atoms with Crippen LogP contribution < -0.4 is 0 Å². The highest BCUT2D eigenvalue weighted by Crippen LogP contribution is 2.34. The Morgan fingerprint density at radius 1 is 1.44 bits per heavy atom. The zero-order valence-corrected chi connectivity index (χ0v) is 11.9. The fourth-order valence-corrected chi connectivity index (χ4v) is 2.83. The molecule has 0 bridgehead atoms. The predicted molar refractivity (Wildman–Crippen MR) is 69.6 cm³/mol. The number of carboxylic acid groups (broad SMARTS) is 1. The van der Waals surface area contributed by atoms with E-state index in [-0.39, 0.29) is 23.2 Å². The molecule has 2 atom stereocenters. The van der Waals surface area contributed by atoms with E-state index >= 15 is 0 Å². The zero-order valence-electron chi connectivity index (χ0n) is 11.9. The smallest absolute Gasteiger partial charge is 0.407 e. The quantitative estimate of drug-likeness (QED) is 0.814. The van der Waals surface area contributed by atoms with Crippen LogP contribution in [0.25, 0.3) is 0 Å². The van der Waals surface area contributed by atoms with E-state index in [2.05, 4.69) is 0 Å². The minimum Gasteiger partial charge on any atom is -0.465 e. The van der Waals surface area contributed by atoms with Crippen LogP contribution in [0.2, 0.25) is 0 Å². The monoisotopic (exact) mass is 256 g/mol. The van der Waals surface area contributed by atoms with Gasteiger partial charge in [0.1, 0.15) is 5.78 Å². The van der Waals surface area contributed by atoms with E-state index in [1.54, 1.807) is 0 Å². The highest BCUT2D eigenvalue weighted by Gasteiger charge is 2.45. The van der Waals surface area contributed by atoms with E-state index in [4.69, 9.17) is 0 Å². The molecule has 1 N–H and O–H groups in total. The molecule has 1 heterocycles. The molecular formula is C13H24N2O3. The van der Waals surface area contributed by atoms with Gasteiger partial charge < -0.3 is 14.9 Å². The summed E-state index contributed by atoms with van der Waals surface area (Å²) in [7, 11) is 3.82. The van der Waals surface area contributed by atoms with Crippen LogP contribution in [-0.2, 0) is 4.79 Å². The Hall–Kier alpha value is -1.10. The van der Waals surface area contributed by atoms with Crippen molar-refractivity contribution in [1.29, 1.82) is 0 Å². The van der Waals surface area contributed by atoms with Gasteiger partial charge in [-0.15, -0.1) is 0 Å². The van der Waals surface area contributed by atoms with Gasteiger partial charge in [0.15, 0.2) is 0 Å². The first-order valence-electron chi connectivity index (χ1n) is 6.31. The summed E-state index contributed by atoms with van der Waals surface area (Å²) in [4.78, 5) is 26.9. The van der Waals surface area contributed by atoms with Gasteiger partial charge in [0.2, 0.25) is 0 Å². The Kier molecular flexibility index (Phi) is 4.37. The molecule has 104 valence electrons. The molecule has 5 heteroatoms. The van der Waals surface area contributed by atoms with Crippen LogP contribution in [0.4, 0.5) is 4.79 Å². The van der Waals surface area contributed by atoms with Crippen molar-refractivity contribution in [2.75, 3.05) is 27.2 Å². The Morgan fingerprint density at radius 3 is 2.39 bits per heavy atom. The van der Waals surface area contributed by atoms with Crippen molar-refractivity contribution in [2.45, 2.75) is 33.2 Å². The molecule has 1 rings (SSSR count). The van der Waals surface area contributed by atoms with Crippen molar-refractivity contribution < 1.29 is 14.7 Å². The van der Waals surface area contributed by atoms with Crippen molar-refractivity contribution >= 4 is 11.9 Å². The lowest BCUT2D eigenvalue weighted by Crippen LogP contribution is -2.59. The summed E-state index contributed by atoms with van der Waals surface area (Å²) in [5, 5.41) is 9.31. The molecule has 0 spiro atoms. The number of hydrogen-bond donors (Lipinski definition) is 1. The van der Waals surface area contributed by atoms with Crippen LogP contribution in [0.15, 0.2) is 0 Å². The van der Waals surface area contributed by atoms with Gasteiger partial charge in [0.05, 0.1) is 12.0 Å². The third-order valence-electron chi connectivity index (χ3n) is 3.42. The second-order valence-corrected chi connectivity index (χ2v) is 6.37. The number of piperidine rings is 1. The van der Waals surface area contributed by atoms with Crippen LogP contribution in [0.3, 0.4) is 0 Å². The summed E-state index contributed by atoms with van der Waals surface area (Å²) in [6, 6.07) is -0.251. The van der Waals surface area contributed by atoms with Gasteiger partial charge in [0.25, 0.3) is 0 Å². The topological polar surface area (TPSA) is 60.9 Å². The van der Waals surface area contributed by atoms with Gasteiger partial charge in [-0.25, -0.2) is 4.79 Å². The van der Waals surface area contributed by atoms with Crippen LogP contribution >= 0.6 is 0 Å². The predicted octanol–water partition coefficient (Wildman–Crippen LogP) is 1.53. The van der Waals surface area contributed by atoms with Crippen LogP contribution in [0.1, 0.15) is 27.2 Å². The summed E-state index contributed by atoms with van der Waals surface area (Å²) >= 11 is 0. The molecule has 1 amide bonds. The molecule has 0 radical (unpaired) electrons. The van der Waals surface area contributed by atoms with Crippen molar-refractivity contribution in [3.8, 4) is 0 Å². The first-order chi connectivity index (χ1) is 8.14. The summed E-state index contributed by atoms with van der Waals surface area (Å²) in [6.45, 7) is 6.91. The standard InChI is InChI=1S/C13H24N2O3/c1-13(2,3)11-9(8-14(4)5)10(16)6-7-15(11)12(17)18/h9,11H,6-8H2,1-5H3,(H,17,18). The van der Waals surface area contributed by atoms with Crippen molar-refractivity contribution in [2.24, 2.45) is 11.3 Å². The number of carbonyl (C=O) groups is 2. The average Bonchev–Trinajstić information content (AvgIpc) is 2.17. The second kappa shape index (κ2) is 5.26. The van der Waals surface area contributed by atoms with E-state index in [9.17, 15) is 14.7 Å². The normalized spacial score (nSPS) is 25.7. The Morgan fingerprint density at radius 2 is 2.00 bits per heavy atom. The van der Waals surface area contributed by atoms with Gasteiger partial charge in [-0.3, -0.25) is 4.79 Å². The minimum absolute atomic E-state index is 0.182. The maximum Gasteiger partial charge on any atom is 0.407 e. The van der Waals surface area contributed by atoms with Crippen molar-refractivity contribution in [1.82, 2.24) is 9.80 Å². The molecule has 18 heavy (non-hydrogen) atoms. The molecule has 2 unspecified atom stereocenters. The summed E-state index contributed by atoms with van der Waals surface area (Å²) in [5.74, 6) is -0.0500. The van der Waals surface area contributed by atoms with Gasteiger partial charge in [-0.2, -0.15) is 0 Å². The molecule has 1 aliphatic rings. The molecule has 0 aromatic carbocycles. The molecule has 0 aromatic rings. The Bertz CT molecular complexity index is 334. The zero-order chi connectivity index (χ0) is 14.1. The summed E-state index contributed by atoms with van der Waals surface area (Å²) < 4.78 is 0. The van der Waals surface area contributed by atoms with Gasteiger partial charge in [-0.1, -0.05) is 20.8 Å². The molecule has 1 fully saturated rings. The van der Waals surface area contributed by atoms with E-state index in [0.717, 1.165) is 0 Å².